The summed E-state index contributed by atoms with van der Waals surface area (Å²) in [5.41, 5.74) is -0.157. The summed E-state index contributed by atoms with van der Waals surface area (Å²) >= 11 is 0. The zero-order valence-corrected chi connectivity index (χ0v) is 26.6. The van der Waals surface area contributed by atoms with Crippen LogP contribution in [0.3, 0.4) is 0 Å². The normalized spacial score (nSPS) is 19.4. The van der Waals surface area contributed by atoms with E-state index in [4.69, 9.17) is 9.47 Å². The van der Waals surface area contributed by atoms with Crippen LogP contribution < -0.4 is 10.1 Å². The first-order chi connectivity index (χ1) is 21.6. The van der Waals surface area contributed by atoms with E-state index in [9.17, 15) is 29.2 Å². The molecule has 10 nitrogen and oxygen atoms in total. The number of rotatable bonds is 14. The number of benzene rings is 1. The predicted octanol–water partition coefficient (Wildman–Crippen LogP) is 5.63. The maximum Gasteiger partial charge on any atom is 0.326 e. The van der Waals surface area contributed by atoms with E-state index < -0.39 is 41.6 Å². The summed E-state index contributed by atoms with van der Waals surface area (Å²) in [4.78, 5) is 69.5. The van der Waals surface area contributed by atoms with Crippen LogP contribution in [-0.2, 0) is 23.9 Å². The van der Waals surface area contributed by atoms with Crippen LogP contribution in [0.25, 0.3) is 10.9 Å². The van der Waals surface area contributed by atoms with Crippen LogP contribution in [0, 0.1) is 34.5 Å². The minimum absolute atomic E-state index is 0.0547. The number of hydrogen-bond acceptors (Lipinski definition) is 8. The van der Waals surface area contributed by atoms with Gasteiger partial charge >= 0.3 is 5.97 Å². The number of amides is 1. The molecule has 0 saturated heterocycles. The largest absolute Gasteiger partial charge is 0.496 e. The minimum Gasteiger partial charge on any atom is -0.496 e. The summed E-state index contributed by atoms with van der Waals surface area (Å²) < 4.78 is 10.8. The fraction of sp³-hybridized carbons (Fsp3) is 0.600. The Kier molecular flexibility index (Phi) is 11.5. The van der Waals surface area contributed by atoms with Gasteiger partial charge in [0.05, 0.1) is 24.9 Å². The molecule has 1 aromatic heterocycles. The van der Waals surface area contributed by atoms with Gasteiger partial charge in [0.2, 0.25) is 5.91 Å². The second kappa shape index (κ2) is 15.3. The van der Waals surface area contributed by atoms with E-state index in [1.807, 2.05) is 26.0 Å². The van der Waals surface area contributed by atoms with Crippen LogP contribution >= 0.6 is 0 Å². The lowest BCUT2D eigenvalue weighted by molar-refractivity contribution is -0.157. The number of nitrogens with zero attached hydrogens (tertiary/aromatic N) is 1. The van der Waals surface area contributed by atoms with Gasteiger partial charge in [-0.3, -0.25) is 24.0 Å². The number of nitrogens with one attached hydrogen (secondary N) is 2. The van der Waals surface area contributed by atoms with Crippen molar-refractivity contribution >= 4 is 40.1 Å². The van der Waals surface area contributed by atoms with Gasteiger partial charge in [-0.25, -0.2) is 0 Å². The Morgan fingerprint density at radius 3 is 2.53 bits per heavy atom. The van der Waals surface area contributed by atoms with Gasteiger partial charge in [0, 0.05) is 35.6 Å². The van der Waals surface area contributed by atoms with Crippen LogP contribution in [0.15, 0.2) is 24.3 Å². The van der Waals surface area contributed by atoms with E-state index >= 15 is 0 Å². The highest BCUT2D eigenvalue weighted by molar-refractivity contribution is 6.02. The molecule has 0 bridgehead atoms. The summed E-state index contributed by atoms with van der Waals surface area (Å²) in [6.07, 6.45) is 6.32. The molecule has 0 radical (unpaired) electrons. The third kappa shape index (κ3) is 8.38. The van der Waals surface area contributed by atoms with Crippen molar-refractivity contribution in [1.29, 1.82) is 5.26 Å². The number of carbonyl (C=O) groups excluding carboxylic acids is 5. The average molecular weight is 620 g/mol. The van der Waals surface area contributed by atoms with E-state index in [0.29, 0.717) is 43.5 Å². The summed E-state index contributed by atoms with van der Waals surface area (Å²) in [5, 5.41) is 13.3. The maximum absolute atomic E-state index is 13.8. The molecule has 1 aromatic carbocycles. The highest BCUT2D eigenvalue weighted by Gasteiger charge is 2.42. The monoisotopic (exact) mass is 619 g/mol. The molecule has 1 amide bonds. The number of esters is 1. The molecule has 4 rings (SSSR count). The summed E-state index contributed by atoms with van der Waals surface area (Å²) in [6.45, 7) is 3.31. The quantitative estimate of drug-likeness (QED) is 0.204. The zero-order chi connectivity index (χ0) is 32.6. The molecule has 0 spiro atoms. The van der Waals surface area contributed by atoms with Gasteiger partial charge in [0.15, 0.2) is 23.6 Å². The van der Waals surface area contributed by atoms with Crippen molar-refractivity contribution in [2.45, 2.75) is 96.9 Å². The highest BCUT2D eigenvalue weighted by atomic mass is 16.5. The smallest absolute Gasteiger partial charge is 0.326 e. The van der Waals surface area contributed by atoms with Gasteiger partial charge in [0.25, 0.3) is 0 Å². The molecular weight excluding hydrogens is 574 g/mol. The predicted molar refractivity (Wildman–Crippen MR) is 167 cm³/mol. The first-order valence-electron chi connectivity index (χ1n) is 16.2. The van der Waals surface area contributed by atoms with Crippen molar-refractivity contribution in [3.05, 3.63) is 30.0 Å². The van der Waals surface area contributed by atoms with Crippen molar-refractivity contribution in [3.8, 4) is 11.8 Å². The Balaban J connectivity index is 1.49. The van der Waals surface area contributed by atoms with Gasteiger partial charge in [-0.15, -0.1) is 0 Å². The molecule has 242 valence electrons. The molecule has 2 saturated carbocycles. The standard InChI is InChI=1S/C35H45N3O7/c1-22(2)16-24(18-30(40)28-19-25-26(37-28)11-9-13-32(25)44-3)33(42)38-27(17-23-10-5-6-12-29(23)39)31(41)20-45-34(43)35(21-36)14-7-4-8-15-35/h9,11,13,19,22-24,27,37H,4-8,10,12,14-18,20H2,1-3H3,(H,38,42)/t23-,24+,27-/m0/s1. The fourth-order valence-electron chi connectivity index (χ4n) is 6.68. The van der Waals surface area contributed by atoms with E-state index in [0.717, 1.165) is 43.0 Å². The summed E-state index contributed by atoms with van der Waals surface area (Å²) in [7, 11) is 1.56. The third-order valence-corrected chi connectivity index (χ3v) is 9.27. The maximum atomic E-state index is 13.8. The molecule has 2 aliphatic rings. The number of hydrogen-bond donors (Lipinski definition) is 2. The molecular formula is C35H45N3O7. The van der Waals surface area contributed by atoms with Gasteiger partial charge in [-0.05, 0) is 62.6 Å². The van der Waals surface area contributed by atoms with Gasteiger partial charge in [-0.2, -0.15) is 5.26 Å². The van der Waals surface area contributed by atoms with Crippen LogP contribution in [0.1, 0.15) is 101 Å². The summed E-state index contributed by atoms with van der Waals surface area (Å²) in [5.74, 6) is -2.30. The number of ether oxygens (including phenoxy) is 2. The van der Waals surface area contributed by atoms with Crippen LogP contribution in [0.2, 0.25) is 0 Å². The fourth-order valence-corrected chi connectivity index (χ4v) is 6.68. The zero-order valence-electron chi connectivity index (χ0n) is 26.6. The topological polar surface area (TPSA) is 155 Å². The number of aromatic amines is 1. The number of Topliss-reactive ketones (excluding diaryl/α,β-unsaturated/α-hetero) is 3. The van der Waals surface area contributed by atoms with E-state index in [-0.39, 0.29) is 36.2 Å². The van der Waals surface area contributed by atoms with Crippen molar-refractivity contribution < 1.29 is 33.4 Å². The lowest BCUT2D eigenvalue weighted by Gasteiger charge is -2.29. The van der Waals surface area contributed by atoms with Crippen molar-refractivity contribution in [1.82, 2.24) is 10.3 Å². The molecule has 0 unspecified atom stereocenters. The van der Waals surface area contributed by atoms with Crippen LogP contribution in [-0.4, -0.2) is 54.0 Å². The number of fused-ring (bicyclic) bond motifs is 1. The Morgan fingerprint density at radius 2 is 1.87 bits per heavy atom. The van der Waals surface area contributed by atoms with Crippen LogP contribution in [0.5, 0.6) is 5.75 Å². The van der Waals surface area contributed by atoms with Crippen molar-refractivity contribution in [2.75, 3.05) is 13.7 Å². The molecule has 1 heterocycles. The molecule has 10 heteroatoms. The number of carbonyl (C=O) groups is 5. The van der Waals surface area contributed by atoms with E-state index in [1.54, 1.807) is 19.2 Å². The third-order valence-electron chi connectivity index (χ3n) is 9.27. The minimum atomic E-state index is -1.26. The first kappa shape index (κ1) is 33.9. The second-order valence-corrected chi connectivity index (χ2v) is 13.1. The van der Waals surface area contributed by atoms with Crippen molar-refractivity contribution in [3.63, 3.8) is 0 Å². The molecule has 45 heavy (non-hydrogen) atoms. The van der Waals surface area contributed by atoms with Crippen LogP contribution in [0.4, 0.5) is 0 Å². The van der Waals surface area contributed by atoms with Crippen molar-refractivity contribution in [2.24, 2.45) is 23.2 Å². The lowest BCUT2D eigenvalue weighted by Crippen LogP contribution is -2.48. The molecule has 2 fully saturated rings. The number of aromatic nitrogens is 1. The Labute approximate surface area is 264 Å². The number of methoxy groups -OCH3 is 1. The Hall–Kier alpha value is -4.00. The molecule has 3 atom stereocenters. The van der Waals surface area contributed by atoms with Gasteiger partial charge < -0.3 is 19.8 Å². The molecule has 2 aliphatic carbocycles. The number of ketones is 3. The lowest BCUT2D eigenvalue weighted by atomic mass is 9.75. The Bertz CT molecular complexity index is 1450. The number of nitriles is 1. The van der Waals surface area contributed by atoms with E-state index in [2.05, 4.69) is 16.4 Å². The van der Waals surface area contributed by atoms with E-state index in [1.165, 1.54) is 0 Å². The first-order valence-corrected chi connectivity index (χ1v) is 16.2. The molecule has 2 N–H and O–H groups in total. The van der Waals surface area contributed by atoms with Gasteiger partial charge in [-0.1, -0.05) is 45.6 Å². The summed E-state index contributed by atoms with van der Waals surface area (Å²) in [6, 6.07) is 8.23. The number of H-pyrrole nitrogens is 1. The molecule has 2 aromatic rings. The highest BCUT2D eigenvalue weighted by Crippen LogP contribution is 2.37. The molecule has 0 aliphatic heterocycles. The second-order valence-electron chi connectivity index (χ2n) is 13.1. The Morgan fingerprint density at radius 1 is 1.11 bits per heavy atom. The average Bonchev–Trinajstić information content (AvgIpc) is 3.49. The SMILES string of the molecule is COc1cccc2[nH]c(C(=O)C[C@@H](CC(C)C)C(=O)N[C@@H](C[C@@H]3CCCCC3=O)C(=O)COC(=O)C3(C#N)CCCCC3)cc12. The van der Waals surface area contributed by atoms with Gasteiger partial charge in [0.1, 0.15) is 11.5 Å².